The molecule has 1 aromatic heterocycles. The lowest BCUT2D eigenvalue weighted by atomic mass is 9.74. The Balaban J connectivity index is 1.14. The van der Waals surface area contributed by atoms with Crippen LogP contribution in [0.1, 0.15) is 59.1 Å². The van der Waals surface area contributed by atoms with Crippen LogP contribution in [0, 0.1) is 6.92 Å². The fourth-order valence-corrected chi connectivity index (χ4v) is 6.69. The Bertz CT molecular complexity index is 1620. The summed E-state index contributed by atoms with van der Waals surface area (Å²) >= 11 is 0. The first-order chi connectivity index (χ1) is 19.9. The van der Waals surface area contributed by atoms with Gasteiger partial charge in [-0.3, -0.25) is 4.79 Å². The number of carbonyl (C=O) groups excluding carboxylic acids is 1. The molecular weight excluding hydrogens is 512 g/mol. The SMILES string of the molecule is CCc1nnc(-c2ccc(-c3ccc(C(=O)N4CCCc5cc6c(cc54)C4(CCN(C)CC4)CO6)cc3)c(C)c2)o1. The molecule has 3 aromatic carbocycles. The van der Waals surface area contributed by atoms with Crippen molar-refractivity contribution in [1.29, 1.82) is 0 Å². The Kier molecular flexibility index (Phi) is 6.42. The molecule has 1 fully saturated rings. The first-order valence-electron chi connectivity index (χ1n) is 14.8. The van der Waals surface area contributed by atoms with Crippen LogP contribution >= 0.6 is 0 Å². The number of carbonyl (C=O) groups is 1. The normalized spacial score (nSPS) is 17.8. The largest absolute Gasteiger partial charge is 0.492 e. The van der Waals surface area contributed by atoms with Crippen molar-refractivity contribution in [3.63, 3.8) is 0 Å². The Morgan fingerprint density at radius 2 is 1.76 bits per heavy atom. The molecule has 41 heavy (non-hydrogen) atoms. The highest BCUT2D eigenvalue weighted by atomic mass is 16.5. The summed E-state index contributed by atoms with van der Waals surface area (Å²) < 4.78 is 12.0. The maximum absolute atomic E-state index is 13.9. The third kappa shape index (κ3) is 4.52. The minimum Gasteiger partial charge on any atom is -0.492 e. The van der Waals surface area contributed by atoms with Gasteiger partial charge in [-0.2, -0.15) is 0 Å². The van der Waals surface area contributed by atoms with Gasteiger partial charge in [0.05, 0.1) is 6.61 Å². The quantitative estimate of drug-likeness (QED) is 0.301. The molecule has 210 valence electrons. The number of fused-ring (bicyclic) bond motifs is 3. The van der Waals surface area contributed by atoms with Gasteiger partial charge < -0.3 is 19.0 Å². The number of anilines is 1. The molecule has 7 rings (SSSR count). The smallest absolute Gasteiger partial charge is 0.258 e. The number of aryl methyl sites for hydroxylation is 3. The monoisotopic (exact) mass is 548 g/mol. The van der Waals surface area contributed by atoms with Gasteiger partial charge in [0.1, 0.15) is 5.75 Å². The fraction of sp³-hybridized carbons (Fsp3) is 0.382. The zero-order chi connectivity index (χ0) is 28.1. The van der Waals surface area contributed by atoms with E-state index in [1.165, 1.54) is 11.1 Å². The van der Waals surface area contributed by atoms with Crippen LogP contribution in [0.2, 0.25) is 0 Å². The second-order valence-electron chi connectivity index (χ2n) is 11.9. The molecule has 7 nitrogen and oxygen atoms in total. The highest BCUT2D eigenvalue weighted by Gasteiger charge is 2.43. The number of likely N-dealkylation sites (tertiary alicyclic amines) is 1. The number of ether oxygens (including phenoxy) is 1. The fourth-order valence-electron chi connectivity index (χ4n) is 6.69. The van der Waals surface area contributed by atoms with Gasteiger partial charge in [0, 0.05) is 40.8 Å². The van der Waals surface area contributed by atoms with Crippen molar-refractivity contribution < 1.29 is 13.9 Å². The highest BCUT2D eigenvalue weighted by Crippen LogP contribution is 2.48. The number of amides is 1. The molecule has 1 spiro atoms. The Hall–Kier alpha value is -3.97. The number of hydrogen-bond acceptors (Lipinski definition) is 6. The van der Waals surface area contributed by atoms with Crippen LogP contribution in [0.4, 0.5) is 5.69 Å². The average molecular weight is 549 g/mol. The molecule has 4 aromatic rings. The van der Waals surface area contributed by atoms with Gasteiger partial charge in [0.25, 0.3) is 5.91 Å². The molecule has 1 saturated heterocycles. The van der Waals surface area contributed by atoms with Crippen molar-refractivity contribution in [2.75, 3.05) is 38.2 Å². The van der Waals surface area contributed by atoms with E-state index in [1.54, 1.807) is 0 Å². The summed E-state index contributed by atoms with van der Waals surface area (Å²) in [5.74, 6) is 2.26. The number of rotatable bonds is 4. The lowest BCUT2D eigenvalue weighted by Gasteiger charge is -2.37. The summed E-state index contributed by atoms with van der Waals surface area (Å²) in [6, 6.07) is 18.7. The molecule has 0 atom stereocenters. The molecule has 1 amide bonds. The number of nitrogens with zero attached hydrogens (tertiary/aromatic N) is 4. The van der Waals surface area contributed by atoms with E-state index in [4.69, 9.17) is 9.15 Å². The van der Waals surface area contributed by atoms with E-state index >= 15 is 0 Å². The lowest BCUT2D eigenvalue weighted by Crippen LogP contribution is -2.42. The van der Waals surface area contributed by atoms with Crippen LogP contribution in [0.15, 0.2) is 59.0 Å². The zero-order valence-electron chi connectivity index (χ0n) is 24.1. The average Bonchev–Trinajstić information content (AvgIpc) is 3.62. The first kappa shape index (κ1) is 26.0. The standard InChI is InChI=1S/C34H36N4O3/c1-4-31-35-36-32(41-31)26-11-12-27(22(2)18-26)23-7-9-24(10-8-23)33(39)38-15-5-6-25-19-30-28(20-29(25)38)34(21-40-30)13-16-37(3)17-14-34/h7-12,18-20H,4-6,13-17,21H2,1-3H3. The lowest BCUT2D eigenvalue weighted by molar-refractivity contribution is 0.0985. The minimum absolute atomic E-state index is 0.0592. The summed E-state index contributed by atoms with van der Waals surface area (Å²) in [5.41, 5.74) is 8.56. The molecule has 4 heterocycles. The molecule has 0 unspecified atom stereocenters. The van der Waals surface area contributed by atoms with Gasteiger partial charge in [-0.15, -0.1) is 10.2 Å². The van der Waals surface area contributed by atoms with Crippen molar-refractivity contribution in [3.05, 3.63) is 82.7 Å². The van der Waals surface area contributed by atoms with Crippen LogP contribution in [0.5, 0.6) is 5.75 Å². The van der Waals surface area contributed by atoms with Gasteiger partial charge in [0.2, 0.25) is 11.8 Å². The molecular formula is C34H36N4O3. The summed E-state index contributed by atoms with van der Waals surface area (Å²) in [6.45, 7) is 7.72. The number of benzene rings is 3. The van der Waals surface area contributed by atoms with Crippen molar-refractivity contribution in [2.45, 2.75) is 51.4 Å². The van der Waals surface area contributed by atoms with Crippen LogP contribution < -0.4 is 9.64 Å². The second-order valence-corrected chi connectivity index (χ2v) is 11.9. The van der Waals surface area contributed by atoms with Crippen molar-refractivity contribution >= 4 is 11.6 Å². The summed E-state index contributed by atoms with van der Waals surface area (Å²) in [5, 5.41) is 8.25. The second kappa shape index (κ2) is 10.1. The third-order valence-corrected chi connectivity index (χ3v) is 9.25. The van der Waals surface area contributed by atoms with E-state index in [-0.39, 0.29) is 11.3 Å². The topological polar surface area (TPSA) is 71.7 Å². The van der Waals surface area contributed by atoms with Crippen LogP contribution in [-0.4, -0.2) is 54.3 Å². The molecule has 7 heteroatoms. The van der Waals surface area contributed by atoms with E-state index in [9.17, 15) is 4.79 Å². The summed E-state index contributed by atoms with van der Waals surface area (Å²) in [4.78, 5) is 18.3. The van der Waals surface area contributed by atoms with E-state index in [0.29, 0.717) is 23.8 Å². The van der Waals surface area contributed by atoms with Crippen LogP contribution in [-0.2, 0) is 18.3 Å². The van der Waals surface area contributed by atoms with Gasteiger partial charge in [0.15, 0.2) is 0 Å². The van der Waals surface area contributed by atoms with E-state index in [2.05, 4.69) is 53.3 Å². The number of piperidine rings is 1. The van der Waals surface area contributed by atoms with Gasteiger partial charge in [-0.05, 0) is 111 Å². The predicted molar refractivity (Wildman–Crippen MR) is 160 cm³/mol. The van der Waals surface area contributed by atoms with E-state index in [0.717, 1.165) is 85.6 Å². The van der Waals surface area contributed by atoms with Crippen molar-refractivity contribution in [2.24, 2.45) is 0 Å². The van der Waals surface area contributed by atoms with E-state index in [1.807, 2.05) is 42.2 Å². The highest BCUT2D eigenvalue weighted by molar-refractivity contribution is 6.07. The first-order valence-corrected chi connectivity index (χ1v) is 14.8. The van der Waals surface area contributed by atoms with Crippen LogP contribution in [0.3, 0.4) is 0 Å². The van der Waals surface area contributed by atoms with Gasteiger partial charge in [-0.25, -0.2) is 0 Å². The molecule has 0 radical (unpaired) electrons. The van der Waals surface area contributed by atoms with E-state index < -0.39 is 0 Å². The molecule has 0 aliphatic carbocycles. The Labute approximate surface area is 241 Å². The molecule has 3 aliphatic rings. The zero-order valence-corrected chi connectivity index (χ0v) is 24.1. The summed E-state index contributed by atoms with van der Waals surface area (Å²) in [7, 11) is 2.19. The molecule has 3 aliphatic heterocycles. The molecule has 0 saturated carbocycles. The van der Waals surface area contributed by atoms with Crippen LogP contribution in [0.25, 0.3) is 22.6 Å². The third-order valence-electron chi connectivity index (χ3n) is 9.25. The predicted octanol–water partition coefficient (Wildman–Crippen LogP) is 6.22. The van der Waals surface area contributed by atoms with Gasteiger partial charge in [-0.1, -0.05) is 25.1 Å². The Morgan fingerprint density at radius 1 is 0.976 bits per heavy atom. The maximum atomic E-state index is 13.9. The minimum atomic E-state index is 0.0592. The van der Waals surface area contributed by atoms with Crippen molar-refractivity contribution in [3.8, 4) is 28.3 Å². The molecule has 0 N–H and O–H groups in total. The maximum Gasteiger partial charge on any atom is 0.258 e. The Morgan fingerprint density at radius 3 is 2.49 bits per heavy atom. The number of aromatic nitrogens is 2. The number of hydrogen-bond donors (Lipinski definition) is 0. The van der Waals surface area contributed by atoms with Crippen molar-refractivity contribution in [1.82, 2.24) is 15.1 Å². The van der Waals surface area contributed by atoms with Gasteiger partial charge >= 0.3 is 0 Å². The summed E-state index contributed by atoms with van der Waals surface area (Å²) in [6.07, 6.45) is 4.84. The molecule has 0 bridgehead atoms.